The van der Waals surface area contributed by atoms with Gasteiger partial charge in [0.25, 0.3) is 0 Å². The number of rotatable bonds is 6. The van der Waals surface area contributed by atoms with Crippen LogP contribution in [0, 0.1) is 0 Å². The van der Waals surface area contributed by atoms with Crippen LogP contribution in [0.4, 0.5) is 0 Å². The second-order valence-electron chi connectivity index (χ2n) is 6.12. The van der Waals surface area contributed by atoms with Crippen LogP contribution in [0.2, 0.25) is 0 Å². The average molecular weight is 289 g/mol. The lowest BCUT2D eigenvalue weighted by atomic mass is 10.0. The van der Waals surface area contributed by atoms with Gasteiger partial charge in [-0.1, -0.05) is 30.3 Å². The number of hydrogen-bond acceptors (Lipinski definition) is 3. The number of carbonyl (C=O) groups is 1. The van der Waals surface area contributed by atoms with Gasteiger partial charge in [-0.2, -0.15) is 0 Å². The van der Waals surface area contributed by atoms with E-state index in [4.69, 9.17) is 0 Å². The van der Waals surface area contributed by atoms with Gasteiger partial charge in [0.1, 0.15) is 0 Å². The highest BCUT2D eigenvalue weighted by Gasteiger charge is 2.32. The Morgan fingerprint density at radius 3 is 2.71 bits per heavy atom. The summed E-state index contributed by atoms with van der Waals surface area (Å²) in [4.78, 5) is 17.1. The van der Waals surface area contributed by atoms with E-state index in [2.05, 4.69) is 41.3 Å². The molecule has 2 atom stereocenters. The molecule has 1 saturated heterocycles. The van der Waals surface area contributed by atoms with E-state index in [1.807, 2.05) is 25.2 Å². The van der Waals surface area contributed by atoms with Crippen LogP contribution < -0.4 is 5.32 Å². The van der Waals surface area contributed by atoms with Gasteiger partial charge in [-0.15, -0.1) is 0 Å². The number of nitrogens with one attached hydrogen (secondary N) is 1. The van der Waals surface area contributed by atoms with Crippen LogP contribution in [0.1, 0.15) is 18.4 Å². The second kappa shape index (κ2) is 7.57. The molecule has 0 radical (unpaired) electrons. The molecule has 21 heavy (non-hydrogen) atoms. The summed E-state index contributed by atoms with van der Waals surface area (Å²) in [5.74, 6) is 0.241. The number of carbonyl (C=O) groups excluding carboxylic acids is 1. The molecule has 4 heteroatoms. The standard InChI is InChI=1S/C17H27N3O/c1-18-16(12-14-8-5-4-6-9-14)17(21)20-11-7-10-15(20)13-19(2)3/h4-6,8-9,15-16,18H,7,10-13H2,1-3H3. The fourth-order valence-corrected chi connectivity index (χ4v) is 3.10. The van der Waals surface area contributed by atoms with Gasteiger partial charge < -0.3 is 15.1 Å². The minimum atomic E-state index is -0.129. The lowest BCUT2D eigenvalue weighted by molar-refractivity contribution is -0.134. The summed E-state index contributed by atoms with van der Waals surface area (Å²) in [6.07, 6.45) is 2.99. The number of likely N-dealkylation sites (N-methyl/N-ethyl adjacent to an activating group) is 2. The van der Waals surface area contributed by atoms with Crippen molar-refractivity contribution < 1.29 is 4.79 Å². The highest BCUT2D eigenvalue weighted by molar-refractivity contribution is 5.82. The topological polar surface area (TPSA) is 35.6 Å². The van der Waals surface area contributed by atoms with Crippen molar-refractivity contribution in [2.45, 2.75) is 31.3 Å². The van der Waals surface area contributed by atoms with E-state index in [0.29, 0.717) is 6.04 Å². The molecule has 2 unspecified atom stereocenters. The van der Waals surface area contributed by atoms with E-state index in [1.54, 1.807) is 0 Å². The molecule has 0 aliphatic carbocycles. The molecule has 1 aromatic carbocycles. The number of nitrogens with zero attached hydrogens (tertiary/aromatic N) is 2. The normalized spacial score (nSPS) is 20.0. The molecule has 0 aromatic heterocycles. The van der Waals surface area contributed by atoms with Gasteiger partial charge in [0.2, 0.25) is 5.91 Å². The molecule has 1 aromatic rings. The number of hydrogen-bond donors (Lipinski definition) is 1. The van der Waals surface area contributed by atoms with Crippen LogP contribution in [0.3, 0.4) is 0 Å². The first-order valence-electron chi connectivity index (χ1n) is 7.78. The molecular weight excluding hydrogens is 262 g/mol. The highest BCUT2D eigenvalue weighted by Crippen LogP contribution is 2.19. The van der Waals surface area contributed by atoms with E-state index in [9.17, 15) is 4.79 Å². The third kappa shape index (κ3) is 4.29. The maximum Gasteiger partial charge on any atom is 0.240 e. The molecule has 1 heterocycles. The van der Waals surface area contributed by atoms with Crippen molar-refractivity contribution in [3.63, 3.8) is 0 Å². The Balaban J connectivity index is 2.02. The Morgan fingerprint density at radius 1 is 1.38 bits per heavy atom. The van der Waals surface area contributed by atoms with E-state index < -0.39 is 0 Å². The smallest absolute Gasteiger partial charge is 0.240 e. The number of benzene rings is 1. The third-order valence-corrected chi connectivity index (χ3v) is 4.17. The molecule has 1 aliphatic heterocycles. The van der Waals surface area contributed by atoms with Crippen molar-refractivity contribution in [1.82, 2.24) is 15.1 Å². The van der Waals surface area contributed by atoms with Crippen molar-refractivity contribution in [3.8, 4) is 0 Å². The van der Waals surface area contributed by atoms with Crippen LogP contribution in [-0.2, 0) is 11.2 Å². The molecular formula is C17H27N3O. The van der Waals surface area contributed by atoms with Crippen LogP contribution in [0.25, 0.3) is 0 Å². The van der Waals surface area contributed by atoms with Crippen LogP contribution >= 0.6 is 0 Å². The van der Waals surface area contributed by atoms with Gasteiger partial charge in [0.15, 0.2) is 0 Å². The van der Waals surface area contributed by atoms with Crippen LogP contribution in [0.15, 0.2) is 30.3 Å². The van der Waals surface area contributed by atoms with Crippen molar-refractivity contribution in [2.24, 2.45) is 0 Å². The van der Waals surface area contributed by atoms with Gasteiger partial charge in [0.05, 0.1) is 6.04 Å². The summed E-state index contributed by atoms with van der Waals surface area (Å²) >= 11 is 0. The zero-order valence-electron chi connectivity index (χ0n) is 13.4. The van der Waals surface area contributed by atoms with Crippen molar-refractivity contribution in [3.05, 3.63) is 35.9 Å². The molecule has 116 valence electrons. The van der Waals surface area contributed by atoms with Crippen molar-refractivity contribution in [1.29, 1.82) is 0 Å². The first-order chi connectivity index (χ1) is 10.1. The zero-order valence-corrected chi connectivity index (χ0v) is 13.4. The molecule has 1 amide bonds. The quantitative estimate of drug-likeness (QED) is 0.859. The zero-order chi connectivity index (χ0) is 15.2. The minimum Gasteiger partial charge on any atom is -0.337 e. The van der Waals surface area contributed by atoms with Crippen LogP contribution in [0.5, 0.6) is 0 Å². The number of likely N-dealkylation sites (tertiary alicyclic amines) is 1. The maximum atomic E-state index is 12.8. The fraction of sp³-hybridized carbons (Fsp3) is 0.588. The van der Waals surface area contributed by atoms with Gasteiger partial charge in [-0.05, 0) is 46.0 Å². The second-order valence-corrected chi connectivity index (χ2v) is 6.12. The number of amides is 1. The summed E-state index contributed by atoms with van der Waals surface area (Å²) in [7, 11) is 6.02. The minimum absolute atomic E-state index is 0.129. The van der Waals surface area contributed by atoms with Gasteiger partial charge in [0, 0.05) is 19.1 Å². The molecule has 4 nitrogen and oxygen atoms in total. The van der Waals surface area contributed by atoms with E-state index in [1.165, 1.54) is 5.56 Å². The molecule has 1 fully saturated rings. The molecule has 0 spiro atoms. The van der Waals surface area contributed by atoms with Crippen molar-refractivity contribution in [2.75, 3.05) is 34.2 Å². The Bertz CT molecular complexity index is 447. The van der Waals surface area contributed by atoms with E-state index in [0.717, 1.165) is 32.4 Å². The summed E-state index contributed by atoms with van der Waals surface area (Å²) in [5.41, 5.74) is 1.20. The average Bonchev–Trinajstić information content (AvgIpc) is 2.92. The highest BCUT2D eigenvalue weighted by atomic mass is 16.2. The summed E-state index contributed by atoms with van der Waals surface area (Å²) in [6.45, 7) is 1.85. The monoisotopic (exact) mass is 289 g/mol. The SMILES string of the molecule is CNC(Cc1ccccc1)C(=O)N1CCCC1CN(C)C. The lowest BCUT2D eigenvalue weighted by Crippen LogP contribution is -2.50. The molecule has 1 N–H and O–H groups in total. The van der Waals surface area contributed by atoms with Gasteiger partial charge in [-0.3, -0.25) is 4.79 Å². The van der Waals surface area contributed by atoms with E-state index >= 15 is 0 Å². The Labute approximate surface area is 128 Å². The van der Waals surface area contributed by atoms with Crippen LogP contribution in [-0.4, -0.2) is 62.0 Å². The third-order valence-electron chi connectivity index (χ3n) is 4.17. The first-order valence-corrected chi connectivity index (χ1v) is 7.78. The Hall–Kier alpha value is -1.39. The molecule has 2 rings (SSSR count). The Morgan fingerprint density at radius 2 is 2.10 bits per heavy atom. The van der Waals surface area contributed by atoms with Crippen molar-refractivity contribution >= 4 is 5.91 Å². The largest absolute Gasteiger partial charge is 0.337 e. The summed E-state index contributed by atoms with van der Waals surface area (Å²) < 4.78 is 0. The van der Waals surface area contributed by atoms with E-state index in [-0.39, 0.29) is 11.9 Å². The van der Waals surface area contributed by atoms with Gasteiger partial charge >= 0.3 is 0 Å². The fourth-order valence-electron chi connectivity index (χ4n) is 3.10. The maximum absolute atomic E-state index is 12.8. The predicted molar refractivity (Wildman–Crippen MR) is 86.3 cm³/mol. The molecule has 0 bridgehead atoms. The predicted octanol–water partition coefficient (Wildman–Crippen LogP) is 1.37. The summed E-state index contributed by atoms with van der Waals surface area (Å²) in [5, 5.41) is 3.20. The van der Waals surface area contributed by atoms with Gasteiger partial charge in [-0.25, -0.2) is 0 Å². The summed E-state index contributed by atoms with van der Waals surface area (Å²) in [6, 6.07) is 10.5. The lowest BCUT2D eigenvalue weighted by Gasteiger charge is -2.30. The molecule has 0 saturated carbocycles. The molecule has 1 aliphatic rings. The first kappa shape index (κ1) is 16.0. The Kier molecular flexibility index (Phi) is 5.76.